The Bertz CT molecular complexity index is 1390. The van der Waals surface area contributed by atoms with E-state index < -0.39 is 5.97 Å². The van der Waals surface area contributed by atoms with Gasteiger partial charge in [0.25, 0.3) is 0 Å². The summed E-state index contributed by atoms with van der Waals surface area (Å²) >= 11 is 0. The van der Waals surface area contributed by atoms with Crippen LogP contribution in [-0.4, -0.2) is 48.7 Å². The average Bonchev–Trinajstić information content (AvgIpc) is 3.45. The van der Waals surface area contributed by atoms with Gasteiger partial charge in [-0.05, 0) is 189 Å². The van der Waals surface area contributed by atoms with Gasteiger partial charge in [0.05, 0.1) is 5.56 Å². The lowest BCUT2D eigenvalue weighted by atomic mass is 9.32. The highest BCUT2D eigenvalue weighted by Gasteiger charge is 2.70. The molecule has 0 bridgehead atoms. The van der Waals surface area contributed by atoms with Crippen molar-refractivity contribution in [2.24, 2.45) is 62.6 Å². The van der Waals surface area contributed by atoms with Crippen LogP contribution in [0.5, 0.6) is 0 Å². The molecule has 0 aromatic heterocycles. The van der Waals surface area contributed by atoms with Crippen LogP contribution >= 0.6 is 0 Å². The largest absolute Gasteiger partial charge is 0.478 e. The standard InChI is InChI=1S/C45H70N2O2/c1-31(2)34-18-23-45(30-46-26-11-29-47-27-9-8-10-28-47)25-24-43(6)36(39(34)45)16-17-38-42(5)21-19-35(32-12-14-33(15-13-32)40(48)49)41(3,4)37(42)20-22-44(38,43)7/h12-15,19,31,34,36-39,46H,8-11,16-18,20-30H2,1-7H3,(H,48,49)/t34-,36+,37-,38+,39+,42-,43+,44+,45+/m0/s1. The number of allylic oxidation sites excluding steroid dienone is 2. The van der Waals surface area contributed by atoms with E-state index in [1.807, 2.05) is 0 Å². The van der Waals surface area contributed by atoms with E-state index in [4.69, 9.17) is 0 Å². The van der Waals surface area contributed by atoms with E-state index in [2.05, 4.69) is 76.9 Å². The number of carboxylic acids is 1. The fourth-order valence-corrected chi connectivity index (χ4v) is 14.7. The first-order valence-electron chi connectivity index (χ1n) is 20.7. The molecule has 1 heterocycles. The molecule has 5 aliphatic carbocycles. The number of likely N-dealkylation sites (tertiary alicyclic amines) is 1. The number of fused-ring (bicyclic) bond motifs is 7. The molecule has 6 aliphatic rings. The molecule has 1 aromatic carbocycles. The summed E-state index contributed by atoms with van der Waals surface area (Å²) < 4.78 is 0. The van der Waals surface area contributed by atoms with Crippen LogP contribution in [0, 0.1) is 62.6 Å². The SMILES string of the molecule is CC(C)[C@@H]1CC[C@]2(CNCCCN3CCCCC3)CC[C@]3(C)[C@H](CC[C@@H]4[C@@]5(C)CC=C(c6ccc(C(=O)O)cc6)C(C)(C)[C@@H]5CC[C@]43C)[C@@H]12. The van der Waals surface area contributed by atoms with Crippen molar-refractivity contribution in [3.05, 3.63) is 41.5 Å². The number of rotatable bonds is 9. The predicted octanol–water partition coefficient (Wildman–Crippen LogP) is 10.6. The summed E-state index contributed by atoms with van der Waals surface area (Å²) in [5.74, 6) is 3.92. The number of nitrogens with one attached hydrogen (secondary N) is 1. The van der Waals surface area contributed by atoms with Crippen LogP contribution in [0.2, 0.25) is 0 Å². The van der Waals surface area contributed by atoms with E-state index in [-0.39, 0.29) is 5.41 Å². The minimum atomic E-state index is -0.844. The number of nitrogens with zero attached hydrogens (tertiary/aromatic N) is 1. The van der Waals surface area contributed by atoms with Gasteiger partial charge in [0.15, 0.2) is 0 Å². The Morgan fingerprint density at radius 3 is 2.31 bits per heavy atom. The van der Waals surface area contributed by atoms with Gasteiger partial charge >= 0.3 is 5.97 Å². The number of carbonyl (C=O) groups is 1. The lowest BCUT2D eigenvalue weighted by Crippen LogP contribution is -2.66. The molecule has 49 heavy (non-hydrogen) atoms. The second kappa shape index (κ2) is 13.1. The van der Waals surface area contributed by atoms with Gasteiger partial charge in [-0.25, -0.2) is 4.79 Å². The lowest BCUT2D eigenvalue weighted by Gasteiger charge is -2.72. The highest BCUT2D eigenvalue weighted by molar-refractivity contribution is 5.88. The number of aromatic carboxylic acids is 1. The molecular formula is C45H70N2O2. The van der Waals surface area contributed by atoms with E-state index in [0.717, 1.165) is 36.0 Å². The van der Waals surface area contributed by atoms with Crippen LogP contribution in [0.3, 0.4) is 0 Å². The molecule has 4 heteroatoms. The molecule has 272 valence electrons. The van der Waals surface area contributed by atoms with Gasteiger partial charge in [0, 0.05) is 6.54 Å². The molecular weight excluding hydrogens is 601 g/mol. The molecule has 1 saturated heterocycles. The molecule has 5 fully saturated rings. The van der Waals surface area contributed by atoms with Crippen LogP contribution < -0.4 is 5.32 Å². The second-order valence-corrected chi connectivity index (χ2v) is 19.9. The van der Waals surface area contributed by atoms with Crippen molar-refractivity contribution >= 4 is 11.5 Å². The summed E-state index contributed by atoms with van der Waals surface area (Å²) in [6.45, 7) is 24.7. The molecule has 0 spiro atoms. The summed E-state index contributed by atoms with van der Waals surface area (Å²) in [5, 5.41) is 13.6. The monoisotopic (exact) mass is 671 g/mol. The van der Waals surface area contributed by atoms with E-state index in [0.29, 0.717) is 33.1 Å². The van der Waals surface area contributed by atoms with Crippen molar-refractivity contribution in [2.75, 3.05) is 32.7 Å². The zero-order chi connectivity index (χ0) is 34.8. The van der Waals surface area contributed by atoms with Crippen LogP contribution in [0.15, 0.2) is 30.3 Å². The first kappa shape index (κ1) is 35.7. The number of benzene rings is 1. The maximum atomic E-state index is 11.6. The summed E-state index contributed by atoms with van der Waals surface area (Å²) in [7, 11) is 0. The molecule has 4 saturated carbocycles. The molecule has 2 N–H and O–H groups in total. The third kappa shape index (κ3) is 5.71. The number of hydrogen-bond donors (Lipinski definition) is 2. The normalized spacial score (nSPS) is 41.7. The Balaban J connectivity index is 1.12. The fourth-order valence-electron chi connectivity index (χ4n) is 14.7. The van der Waals surface area contributed by atoms with Crippen molar-refractivity contribution < 1.29 is 9.90 Å². The van der Waals surface area contributed by atoms with Crippen molar-refractivity contribution in [2.45, 2.75) is 132 Å². The first-order valence-corrected chi connectivity index (χ1v) is 20.7. The fraction of sp³-hybridized carbons (Fsp3) is 0.800. The Morgan fingerprint density at radius 1 is 0.878 bits per heavy atom. The maximum absolute atomic E-state index is 11.6. The van der Waals surface area contributed by atoms with Gasteiger partial charge in [-0.15, -0.1) is 0 Å². The summed E-state index contributed by atoms with van der Waals surface area (Å²) in [5.41, 5.74) is 4.67. The average molecular weight is 671 g/mol. The molecule has 0 radical (unpaired) electrons. The highest BCUT2D eigenvalue weighted by atomic mass is 16.4. The number of piperidine rings is 1. The van der Waals surface area contributed by atoms with Crippen molar-refractivity contribution in [1.29, 1.82) is 0 Å². The molecule has 9 atom stereocenters. The van der Waals surface area contributed by atoms with E-state index in [1.165, 1.54) is 121 Å². The van der Waals surface area contributed by atoms with Crippen LogP contribution in [-0.2, 0) is 0 Å². The van der Waals surface area contributed by atoms with Gasteiger partial charge in [0.1, 0.15) is 0 Å². The second-order valence-electron chi connectivity index (χ2n) is 19.9. The topological polar surface area (TPSA) is 52.6 Å². The Labute approximate surface area is 299 Å². The number of carboxylic acid groups (broad SMARTS) is 1. The zero-order valence-electron chi connectivity index (χ0n) is 32.4. The van der Waals surface area contributed by atoms with Crippen LogP contribution in [0.1, 0.15) is 148 Å². The summed E-state index contributed by atoms with van der Waals surface area (Å²) in [6.07, 6.45) is 20.5. The van der Waals surface area contributed by atoms with E-state index >= 15 is 0 Å². The molecule has 0 unspecified atom stereocenters. The molecule has 1 aromatic rings. The molecule has 0 amide bonds. The van der Waals surface area contributed by atoms with Crippen molar-refractivity contribution in [3.8, 4) is 0 Å². The lowest BCUT2D eigenvalue weighted by molar-refractivity contribution is -0.227. The van der Waals surface area contributed by atoms with E-state index in [9.17, 15) is 9.90 Å². The van der Waals surface area contributed by atoms with Gasteiger partial charge < -0.3 is 15.3 Å². The van der Waals surface area contributed by atoms with E-state index in [1.54, 1.807) is 12.1 Å². The summed E-state index contributed by atoms with van der Waals surface area (Å²) in [4.78, 5) is 14.3. The highest BCUT2D eigenvalue weighted by Crippen LogP contribution is 2.77. The summed E-state index contributed by atoms with van der Waals surface area (Å²) in [6, 6.07) is 7.71. The van der Waals surface area contributed by atoms with Gasteiger partial charge in [0.2, 0.25) is 0 Å². The van der Waals surface area contributed by atoms with Gasteiger partial charge in [-0.1, -0.05) is 73.1 Å². The third-order valence-electron chi connectivity index (χ3n) is 17.3. The molecule has 7 rings (SSSR count). The maximum Gasteiger partial charge on any atom is 0.335 e. The van der Waals surface area contributed by atoms with Crippen LogP contribution in [0.25, 0.3) is 5.57 Å². The third-order valence-corrected chi connectivity index (χ3v) is 17.3. The van der Waals surface area contributed by atoms with Gasteiger partial charge in [-0.2, -0.15) is 0 Å². The Morgan fingerprint density at radius 2 is 1.61 bits per heavy atom. The minimum Gasteiger partial charge on any atom is -0.478 e. The Hall–Kier alpha value is -1.65. The van der Waals surface area contributed by atoms with Crippen LogP contribution in [0.4, 0.5) is 0 Å². The van der Waals surface area contributed by atoms with Crippen molar-refractivity contribution in [3.63, 3.8) is 0 Å². The minimum absolute atomic E-state index is 0.0619. The zero-order valence-corrected chi connectivity index (χ0v) is 32.4. The number of hydrogen-bond acceptors (Lipinski definition) is 3. The van der Waals surface area contributed by atoms with Gasteiger partial charge in [-0.3, -0.25) is 0 Å². The molecule has 1 aliphatic heterocycles. The Kier molecular flexibility index (Phi) is 9.54. The predicted molar refractivity (Wildman–Crippen MR) is 204 cm³/mol. The molecule has 4 nitrogen and oxygen atoms in total. The first-order chi connectivity index (χ1) is 23.3. The van der Waals surface area contributed by atoms with Crippen molar-refractivity contribution in [1.82, 2.24) is 10.2 Å². The smallest absolute Gasteiger partial charge is 0.335 e. The quantitative estimate of drug-likeness (QED) is 0.257.